The molecule has 2 saturated heterocycles. The summed E-state index contributed by atoms with van der Waals surface area (Å²) >= 11 is 1.62. The molecule has 0 unspecified atom stereocenters. The summed E-state index contributed by atoms with van der Waals surface area (Å²) in [6.07, 6.45) is 1.39. The number of carbonyl (C=O) groups excluding carboxylic acids is 2. The number of likely N-dealkylation sites (tertiary alicyclic amines) is 2. The molecule has 0 saturated carbocycles. The van der Waals surface area contributed by atoms with Gasteiger partial charge in [-0.1, -0.05) is 6.07 Å². The lowest BCUT2D eigenvalue weighted by Crippen LogP contribution is -2.37. The third-order valence-electron chi connectivity index (χ3n) is 4.83. The van der Waals surface area contributed by atoms with Gasteiger partial charge in [-0.25, -0.2) is 0 Å². The Morgan fingerprint density at radius 1 is 1.50 bits per heavy atom. The van der Waals surface area contributed by atoms with Crippen LogP contribution in [0.1, 0.15) is 23.8 Å². The van der Waals surface area contributed by atoms with Gasteiger partial charge in [0.25, 0.3) is 0 Å². The van der Waals surface area contributed by atoms with Crippen LogP contribution in [-0.4, -0.2) is 55.3 Å². The lowest BCUT2D eigenvalue weighted by Gasteiger charge is -2.27. The van der Waals surface area contributed by atoms with Gasteiger partial charge in [0.15, 0.2) is 0 Å². The van der Waals surface area contributed by atoms with Gasteiger partial charge in [0, 0.05) is 31.4 Å². The molecule has 3 atom stereocenters. The Labute approximate surface area is 135 Å². The molecule has 2 fully saturated rings. The van der Waals surface area contributed by atoms with Crippen molar-refractivity contribution in [3.8, 4) is 0 Å². The van der Waals surface area contributed by atoms with E-state index in [4.69, 9.17) is 0 Å². The molecule has 2 amide bonds. The minimum Gasteiger partial charge on any atom is -0.342 e. The van der Waals surface area contributed by atoms with Crippen LogP contribution in [0.5, 0.6) is 0 Å². The largest absolute Gasteiger partial charge is 0.342 e. The highest BCUT2D eigenvalue weighted by Crippen LogP contribution is 2.40. The fraction of sp³-hybridized carbons (Fsp3) is 0.625. The van der Waals surface area contributed by atoms with Crippen molar-refractivity contribution in [3.05, 3.63) is 22.4 Å². The van der Waals surface area contributed by atoms with E-state index in [0.29, 0.717) is 12.3 Å². The maximum atomic E-state index is 12.9. The molecule has 3 rings (SSSR count). The first-order chi connectivity index (χ1) is 10.6. The Balaban J connectivity index is 1.75. The molecular weight excluding hydrogens is 298 g/mol. The van der Waals surface area contributed by atoms with Gasteiger partial charge in [-0.2, -0.15) is 0 Å². The van der Waals surface area contributed by atoms with Crippen LogP contribution in [0.4, 0.5) is 0 Å². The van der Waals surface area contributed by atoms with Crippen molar-refractivity contribution in [1.29, 1.82) is 0 Å². The van der Waals surface area contributed by atoms with Crippen molar-refractivity contribution >= 4 is 23.2 Å². The first-order valence-corrected chi connectivity index (χ1v) is 8.72. The molecule has 6 heteroatoms. The topological polar surface area (TPSA) is 52.7 Å². The number of hydrogen-bond acceptors (Lipinski definition) is 4. The molecular formula is C16H23N3O2S. The van der Waals surface area contributed by atoms with Crippen molar-refractivity contribution in [2.24, 2.45) is 11.8 Å². The summed E-state index contributed by atoms with van der Waals surface area (Å²) in [6, 6.07) is 3.92. The summed E-state index contributed by atoms with van der Waals surface area (Å²) in [4.78, 5) is 29.9. The van der Waals surface area contributed by atoms with Crippen LogP contribution >= 0.6 is 11.3 Å². The molecule has 3 heterocycles. The molecule has 0 radical (unpaired) electrons. The van der Waals surface area contributed by atoms with E-state index in [1.165, 1.54) is 0 Å². The summed E-state index contributed by atoms with van der Waals surface area (Å²) in [5, 5.41) is 5.19. The SMILES string of the molecule is CNC[C@@H]1CCN(C(=O)[C@H]2CC(=O)N(C)[C@H]2c2cccs2)C1. The zero-order chi connectivity index (χ0) is 15.7. The number of thiophene rings is 1. The number of nitrogens with one attached hydrogen (secondary N) is 1. The predicted molar refractivity (Wildman–Crippen MR) is 86.6 cm³/mol. The quantitative estimate of drug-likeness (QED) is 0.910. The highest BCUT2D eigenvalue weighted by molar-refractivity contribution is 7.10. The van der Waals surface area contributed by atoms with Crippen LogP contribution in [0.15, 0.2) is 17.5 Å². The van der Waals surface area contributed by atoms with Gasteiger partial charge < -0.3 is 15.1 Å². The first kappa shape index (κ1) is 15.5. The molecule has 22 heavy (non-hydrogen) atoms. The van der Waals surface area contributed by atoms with E-state index in [1.807, 2.05) is 36.5 Å². The van der Waals surface area contributed by atoms with E-state index in [2.05, 4.69) is 5.32 Å². The van der Waals surface area contributed by atoms with Gasteiger partial charge in [0.2, 0.25) is 11.8 Å². The van der Waals surface area contributed by atoms with Crippen molar-refractivity contribution < 1.29 is 9.59 Å². The summed E-state index contributed by atoms with van der Waals surface area (Å²) in [5.41, 5.74) is 0. The zero-order valence-corrected chi connectivity index (χ0v) is 13.9. The summed E-state index contributed by atoms with van der Waals surface area (Å²) in [5.74, 6) is 0.519. The van der Waals surface area contributed by atoms with E-state index in [9.17, 15) is 9.59 Å². The fourth-order valence-corrected chi connectivity index (χ4v) is 4.60. The van der Waals surface area contributed by atoms with E-state index in [-0.39, 0.29) is 23.8 Å². The van der Waals surface area contributed by atoms with Gasteiger partial charge in [-0.3, -0.25) is 9.59 Å². The van der Waals surface area contributed by atoms with E-state index in [1.54, 1.807) is 16.2 Å². The molecule has 0 spiro atoms. The van der Waals surface area contributed by atoms with Gasteiger partial charge >= 0.3 is 0 Å². The van der Waals surface area contributed by atoms with Crippen molar-refractivity contribution in [2.45, 2.75) is 18.9 Å². The molecule has 0 aromatic carbocycles. The van der Waals surface area contributed by atoms with Gasteiger partial charge in [0.05, 0.1) is 12.0 Å². The molecule has 5 nitrogen and oxygen atoms in total. The third kappa shape index (κ3) is 2.77. The number of nitrogens with zero attached hydrogens (tertiary/aromatic N) is 2. The summed E-state index contributed by atoms with van der Waals surface area (Å²) < 4.78 is 0. The molecule has 1 N–H and O–H groups in total. The van der Waals surface area contributed by atoms with Crippen LogP contribution in [0, 0.1) is 11.8 Å². The highest BCUT2D eigenvalue weighted by Gasteiger charge is 2.45. The highest BCUT2D eigenvalue weighted by atomic mass is 32.1. The number of hydrogen-bond donors (Lipinski definition) is 1. The van der Waals surface area contributed by atoms with Gasteiger partial charge in [-0.05, 0) is 37.4 Å². The Bertz CT molecular complexity index is 546. The van der Waals surface area contributed by atoms with Crippen molar-refractivity contribution in [1.82, 2.24) is 15.1 Å². The second-order valence-corrected chi connectivity index (χ2v) is 7.25. The monoisotopic (exact) mass is 321 g/mol. The lowest BCUT2D eigenvalue weighted by atomic mass is 9.97. The molecule has 1 aromatic heterocycles. The maximum absolute atomic E-state index is 12.9. The summed E-state index contributed by atoms with van der Waals surface area (Å²) in [6.45, 7) is 2.57. The Kier molecular flexibility index (Phi) is 4.49. The molecule has 1 aromatic rings. The fourth-order valence-electron chi connectivity index (χ4n) is 3.66. The Morgan fingerprint density at radius 2 is 2.32 bits per heavy atom. The zero-order valence-electron chi connectivity index (χ0n) is 13.1. The Hall–Kier alpha value is -1.40. The molecule has 0 bridgehead atoms. The molecule has 2 aliphatic rings. The number of rotatable bonds is 4. The minimum absolute atomic E-state index is 0.0720. The van der Waals surface area contributed by atoms with E-state index >= 15 is 0 Å². The first-order valence-electron chi connectivity index (χ1n) is 7.84. The normalized spacial score (nSPS) is 28.6. The van der Waals surface area contributed by atoms with E-state index < -0.39 is 0 Å². The standard InChI is InChI=1S/C16H23N3O2S/c1-17-9-11-5-6-19(10-11)16(21)12-8-14(20)18(2)15(12)13-4-3-7-22-13/h3-4,7,11-12,15,17H,5-6,8-10H2,1-2H3/t11-,12-,15+/m0/s1. The van der Waals surface area contributed by atoms with Crippen molar-refractivity contribution in [3.63, 3.8) is 0 Å². The van der Waals surface area contributed by atoms with Crippen molar-refractivity contribution in [2.75, 3.05) is 33.7 Å². The third-order valence-corrected chi connectivity index (χ3v) is 5.77. The Morgan fingerprint density at radius 3 is 3.00 bits per heavy atom. The van der Waals surface area contributed by atoms with Crippen LogP contribution in [0.3, 0.4) is 0 Å². The smallest absolute Gasteiger partial charge is 0.228 e. The number of carbonyl (C=O) groups is 2. The maximum Gasteiger partial charge on any atom is 0.228 e. The molecule has 2 aliphatic heterocycles. The lowest BCUT2D eigenvalue weighted by molar-refractivity contribution is -0.135. The average Bonchev–Trinajstić information content (AvgIpc) is 3.21. The number of amides is 2. The summed E-state index contributed by atoms with van der Waals surface area (Å²) in [7, 11) is 3.76. The van der Waals surface area contributed by atoms with Crippen LogP contribution in [0.25, 0.3) is 0 Å². The molecule has 120 valence electrons. The average molecular weight is 321 g/mol. The van der Waals surface area contributed by atoms with Crippen LogP contribution in [-0.2, 0) is 9.59 Å². The van der Waals surface area contributed by atoms with Gasteiger partial charge in [0.1, 0.15) is 0 Å². The second kappa shape index (κ2) is 6.38. The molecule has 0 aliphatic carbocycles. The van der Waals surface area contributed by atoms with E-state index in [0.717, 1.165) is 30.9 Å². The minimum atomic E-state index is -0.232. The second-order valence-electron chi connectivity index (χ2n) is 6.27. The van der Waals surface area contributed by atoms with Crippen LogP contribution in [0.2, 0.25) is 0 Å². The van der Waals surface area contributed by atoms with Gasteiger partial charge in [-0.15, -0.1) is 11.3 Å². The van der Waals surface area contributed by atoms with Crippen LogP contribution < -0.4 is 5.32 Å². The predicted octanol–water partition coefficient (Wildman–Crippen LogP) is 1.34.